The van der Waals surface area contributed by atoms with Gasteiger partial charge in [-0.2, -0.15) is 0 Å². The molecule has 0 aromatic rings. The van der Waals surface area contributed by atoms with E-state index in [0.29, 0.717) is 25.7 Å². The SMILES string of the molecule is CCCCCC/C=C\C=C/CCCCCCCC(=O)O[C@H](COC(=O)CCCCCCCCC)COP(=O)(O)OC[C@H](O)COP(=O)(O)OC[C@@H](COC(=O)CCCCCCCCCCCCCCCCCCC)OC(=O)CCCCCCCCCCCCCCCCC(C)C. The van der Waals surface area contributed by atoms with E-state index in [2.05, 4.69) is 58.9 Å². The smallest absolute Gasteiger partial charge is 0.462 e. The van der Waals surface area contributed by atoms with Crippen molar-refractivity contribution in [2.24, 2.45) is 5.92 Å². The number of aliphatic hydroxyl groups excluding tert-OH is 1. The minimum absolute atomic E-state index is 0.0849. The van der Waals surface area contributed by atoms with E-state index in [1.807, 2.05) is 0 Å². The van der Waals surface area contributed by atoms with E-state index in [1.54, 1.807) is 0 Å². The Kier molecular flexibility index (Phi) is 67.8. The summed E-state index contributed by atoms with van der Waals surface area (Å²) in [5.74, 6) is -1.35. The number of allylic oxidation sites excluding steroid dienone is 4. The van der Waals surface area contributed by atoms with Crippen LogP contribution in [-0.2, 0) is 65.4 Å². The van der Waals surface area contributed by atoms with Crippen molar-refractivity contribution in [2.45, 2.75) is 400 Å². The minimum atomic E-state index is -4.96. The first kappa shape index (κ1) is 93.5. The van der Waals surface area contributed by atoms with E-state index in [0.717, 1.165) is 121 Å². The number of ether oxygens (including phenoxy) is 4. The number of hydrogen-bond donors (Lipinski definition) is 3. The number of rotatable bonds is 75. The van der Waals surface area contributed by atoms with Crippen molar-refractivity contribution in [2.75, 3.05) is 39.6 Å². The number of aliphatic hydroxyl groups is 1. The van der Waals surface area contributed by atoms with Crippen LogP contribution in [0, 0.1) is 5.92 Å². The average molecular weight is 1410 g/mol. The third kappa shape index (κ3) is 70.0. The largest absolute Gasteiger partial charge is 0.472 e. The molecule has 566 valence electrons. The number of phosphoric ester groups is 2. The van der Waals surface area contributed by atoms with Crippen LogP contribution in [0.3, 0.4) is 0 Å². The second-order valence-corrected chi connectivity index (χ2v) is 30.4. The molecule has 0 amide bonds. The summed E-state index contributed by atoms with van der Waals surface area (Å²) < 4.78 is 68.4. The van der Waals surface area contributed by atoms with Gasteiger partial charge in [0.2, 0.25) is 0 Å². The molecule has 0 aromatic carbocycles. The van der Waals surface area contributed by atoms with Gasteiger partial charge >= 0.3 is 39.5 Å². The summed E-state index contributed by atoms with van der Waals surface area (Å²) in [5, 5.41) is 10.6. The summed E-state index contributed by atoms with van der Waals surface area (Å²) >= 11 is 0. The zero-order valence-electron chi connectivity index (χ0n) is 62.0. The molecule has 0 radical (unpaired) electrons. The lowest BCUT2D eigenvalue weighted by Gasteiger charge is -2.21. The Bertz CT molecular complexity index is 1930. The Morgan fingerprint density at radius 1 is 0.323 bits per heavy atom. The molecule has 2 unspecified atom stereocenters. The van der Waals surface area contributed by atoms with Crippen LogP contribution in [0.4, 0.5) is 0 Å². The first-order valence-electron chi connectivity index (χ1n) is 39.5. The molecule has 0 bridgehead atoms. The average Bonchev–Trinajstić information content (AvgIpc) is 3.76. The van der Waals surface area contributed by atoms with E-state index in [4.69, 9.17) is 37.0 Å². The summed E-state index contributed by atoms with van der Waals surface area (Å²) in [6.07, 6.45) is 62.0. The highest BCUT2D eigenvalue weighted by atomic mass is 31.2. The maximum absolute atomic E-state index is 13.1. The third-order valence-corrected chi connectivity index (χ3v) is 19.3. The molecule has 17 nitrogen and oxygen atoms in total. The molecule has 0 spiro atoms. The Morgan fingerprint density at radius 2 is 0.562 bits per heavy atom. The monoisotopic (exact) mass is 1410 g/mol. The number of phosphoric acid groups is 2. The first-order chi connectivity index (χ1) is 46.5. The van der Waals surface area contributed by atoms with Crippen molar-refractivity contribution in [3.8, 4) is 0 Å². The zero-order chi connectivity index (χ0) is 70.5. The molecule has 0 fully saturated rings. The fourth-order valence-corrected chi connectivity index (χ4v) is 12.9. The van der Waals surface area contributed by atoms with Crippen LogP contribution in [0.15, 0.2) is 24.3 Å². The summed E-state index contributed by atoms with van der Waals surface area (Å²) in [6, 6.07) is 0. The van der Waals surface area contributed by atoms with Crippen LogP contribution in [0.1, 0.15) is 381 Å². The van der Waals surface area contributed by atoms with E-state index in [-0.39, 0.29) is 25.7 Å². The number of esters is 4. The molecule has 0 aliphatic heterocycles. The molecule has 0 aliphatic rings. The van der Waals surface area contributed by atoms with Gasteiger partial charge in [-0.15, -0.1) is 0 Å². The molecule has 0 aromatic heterocycles. The normalized spacial score (nSPS) is 14.1. The van der Waals surface area contributed by atoms with Gasteiger partial charge in [-0.25, -0.2) is 9.13 Å². The molecule has 19 heteroatoms. The van der Waals surface area contributed by atoms with E-state index < -0.39 is 97.5 Å². The lowest BCUT2D eigenvalue weighted by molar-refractivity contribution is -0.161. The van der Waals surface area contributed by atoms with Crippen LogP contribution < -0.4 is 0 Å². The molecule has 0 saturated heterocycles. The highest BCUT2D eigenvalue weighted by molar-refractivity contribution is 7.47. The number of hydrogen-bond acceptors (Lipinski definition) is 15. The molecule has 0 aliphatic carbocycles. The number of carbonyl (C=O) groups excluding carboxylic acids is 4. The van der Waals surface area contributed by atoms with E-state index in [9.17, 15) is 43.2 Å². The lowest BCUT2D eigenvalue weighted by atomic mass is 10.0. The third-order valence-electron chi connectivity index (χ3n) is 17.4. The van der Waals surface area contributed by atoms with Gasteiger partial charge in [0.15, 0.2) is 12.2 Å². The number of unbranched alkanes of at least 4 members (excludes halogenated alkanes) is 44. The van der Waals surface area contributed by atoms with Crippen molar-refractivity contribution < 1.29 is 80.2 Å². The second-order valence-electron chi connectivity index (χ2n) is 27.5. The van der Waals surface area contributed by atoms with Gasteiger partial charge in [0.25, 0.3) is 0 Å². The van der Waals surface area contributed by atoms with Crippen molar-refractivity contribution in [1.29, 1.82) is 0 Å². The van der Waals surface area contributed by atoms with Crippen LogP contribution in [0.5, 0.6) is 0 Å². The van der Waals surface area contributed by atoms with Crippen LogP contribution >= 0.6 is 15.6 Å². The molecule has 0 saturated carbocycles. The van der Waals surface area contributed by atoms with Gasteiger partial charge < -0.3 is 33.8 Å². The predicted octanol–water partition coefficient (Wildman–Crippen LogP) is 22.4. The maximum atomic E-state index is 13.1. The molecule has 0 heterocycles. The molecule has 96 heavy (non-hydrogen) atoms. The summed E-state index contributed by atoms with van der Waals surface area (Å²) in [6.45, 7) is 7.21. The molecule has 3 N–H and O–H groups in total. The summed E-state index contributed by atoms with van der Waals surface area (Å²) in [4.78, 5) is 72.7. The van der Waals surface area contributed by atoms with Crippen molar-refractivity contribution in [3.63, 3.8) is 0 Å². The summed E-state index contributed by atoms with van der Waals surface area (Å²) in [7, 11) is -9.92. The molecular formula is C77H146O17P2. The standard InChI is InChI=1S/C77H146O17P2/c1-6-9-12-15-18-20-22-24-26-27-29-33-37-41-46-51-56-61-75(80)88-67-73(94-77(82)63-58-53-48-43-39-35-31-30-32-36-40-45-49-54-59-70(4)5)69-92-96(85,86)90-65-71(78)64-89-95(83,84)91-68-72(66-87-74(79)60-55-50-44-17-14-11-8-3)93-76(81)62-57-52-47-42-38-34-28-25-23-21-19-16-13-10-7-2/h21,23,25,28,70-73,78H,6-20,22,24,26-27,29-69H2,1-5H3,(H,83,84)(H,85,86)/b23-21-,28-25-/t71-,72+,73+/m0/s1. The van der Waals surface area contributed by atoms with Gasteiger partial charge in [0.05, 0.1) is 26.4 Å². The molecular weight excluding hydrogens is 1260 g/mol. The second kappa shape index (κ2) is 69.6. The number of carbonyl (C=O) groups is 4. The van der Waals surface area contributed by atoms with Gasteiger partial charge in [-0.1, -0.05) is 329 Å². The Labute approximate surface area is 586 Å². The van der Waals surface area contributed by atoms with Crippen molar-refractivity contribution >= 4 is 39.5 Å². The fraction of sp³-hybridized carbons (Fsp3) is 0.896. The van der Waals surface area contributed by atoms with E-state index >= 15 is 0 Å². The van der Waals surface area contributed by atoms with Crippen molar-refractivity contribution in [1.82, 2.24) is 0 Å². The predicted molar refractivity (Wildman–Crippen MR) is 391 cm³/mol. The highest BCUT2D eigenvalue weighted by Gasteiger charge is 2.30. The Balaban J connectivity index is 5.22. The minimum Gasteiger partial charge on any atom is -0.462 e. The van der Waals surface area contributed by atoms with Gasteiger partial charge in [-0.05, 0) is 57.3 Å². The lowest BCUT2D eigenvalue weighted by Crippen LogP contribution is -2.30. The topological polar surface area (TPSA) is 237 Å². The molecule has 0 rings (SSSR count). The Hall–Kier alpha value is -2.46. The quantitative estimate of drug-likeness (QED) is 0.0169. The maximum Gasteiger partial charge on any atom is 0.472 e. The van der Waals surface area contributed by atoms with Gasteiger partial charge in [0.1, 0.15) is 19.3 Å². The molecule has 5 atom stereocenters. The fourth-order valence-electron chi connectivity index (χ4n) is 11.3. The van der Waals surface area contributed by atoms with Crippen LogP contribution in [0.2, 0.25) is 0 Å². The van der Waals surface area contributed by atoms with E-state index in [1.165, 1.54) is 180 Å². The Morgan fingerprint density at radius 3 is 0.854 bits per heavy atom. The van der Waals surface area contributed by atoms with Crippen molar-refractivity contribution in [3.05, 3.63) is 24.3 Å². The van der Waals surface area contributed by atoms with Crippen LogP contribution in [0.25, 0.3) is 0 Å². The van der Waals surface area contributed by atoms with Gasteiger partial charge in [-0.3, -0.25) is 37.3 Å². The van der Waals surface area contributed by atoms with Gasteiger partial charge in [0, 0.05) is 25.7 Å². The summed E-state index contributed by atoms with van der Waals surface area (Å²) in [5.41, 5.74) is 0. The first-order valence-corrected chi connectivity index (χ1v) is 42.4. The highest BCUT2D eigenvalue weighted by Crippen LogP contribution is 2.45. The van der Waals surface area contributed by atoms with Crippen LogP contribution in [-0.4, -0.2) is 96.7 Å². The zero-order valence-corrected chi connectivity index (χ0v) is 63.8.